The van der Waals surface area contributed by atoms with E-state index in [1.54, 1.807) is 0 Å². The van der Waals surface area contributed by atoms with E-state index in [0.717, 1.165) is 19.3 Å². The van der Waals surface area contributed by atoms with E-state index in [2.05, 4.69) is 24.5 Å². The van der Waals surface area contributed by atoms with Crippen molar-refractivity contribution in [1.82, 2.24) is 10.6 Å². The highest BCUT2D eigenvalue weighted by atomic mass is 16.2. The third kappa shape index (κ3) is 4.52. The van der Waals surface area contributed by atoms with Gasteiger partial charge < -0.3 is 10.6 Å². The SMILES string of the molecule is CNC(CC(C)C)C(=O)NC1CCCCC1. The molecule has 0 spiro atoms. The van der Waals surface area contributed by atoms with Gasteiger partial charge in [0.05, 0.1) is 6.04 Å². The first-order valence-corrected chi connectivity index (χ1v) is 6.61. The molecule has 1 rings (SSSR count). The van der Waals surface area contributed by atoms with Gasteiger partial charge >= 0.3 is 0 Å². The molecule has 0 saturated heterocycles. The highest BCUT2D eigenvalue weighted by Crippen LogP contribution is 2.17. The van der Waals surface area contributed by atoms with Gasteiger partial charge in [-0.3, -0.25) is 4.79 Å². The van der Waals surface area contributed by atoms with Crippen LogP contribution < -0.4 is 10.6 Å². The lowest BCUT2D eigenvalue weighted by Crippen LogP contribution is -2.47. The van der Waals surface area contributed by atoms with Crippen molar-refractivity contribution in [2.24, 2.45) is 5.92 Å². The van der Waals surface area contributed by atoms with Crippen LogP contribution in [0.3, 0.4) is 0 Å². The minimum absolute atomic E-state index is 0.0260. The molecule has 3 nitrogen and oxygen atoms in total. The zero-order valence-corrected chi connectivity index (χ0v) is 10.9. The Hall–Kier alpha value is -0.570. The number of carbonyl (C=O) groups is 1. The van der Waals surface area contributed by atoms with Gasteiger partial charge in [0.2, 0.25) is 5.91 Å². The average Bonchev–Trinajstić information content (AvgIpc) is 2.26. The maximum atomic E-state index is 12.0. The number of hydrogen-bond acceptors (Lipinski definition) is 2. The molecule has 0 bridgehead atoms. The van der Waals surface area contributed by atoms with E-state index in [4.69, 9.17) is 0 Å². The van der Waals surface area contributed by atoms with Crippen LogP contribution in [0.2, 0.25) is 0 Å². The van der Waals surface area contributed by atoms with Gasteiger partial charge in [-0.2, -0.15) is 0 Å². The minimum Gasteiger partial charge on any atom is -0.352 e. The Morgan fingerprint density at radius 2 is 1.88 bits per heavy atom. The van der Waals surface area contributed by atoms with Crippen LogP contribution in [0.15, 0.2) is 0 Å². The van der Waals surface area contributed by atoms with E-state index in [1.165, 1.54) is 19.3 Å². The lowest BCUT2D eigenvalue weighted by Gasteiger charge is -2.26. The Balaban J connectivity index is 2.35. The molecule has 1 amide bonds. The van der Waals surface area contributed by atoms with Gasteiger partial charge in [0.1, 0.15) is 0 Å². The predicted octanol–water partition coefficient (Wildman–Crippen LogP) is 2.07. The van der Waals surface area contributed by atoms with E-state index < -0.39 is 0 Å². The van der Waals surface area contributed by atoms with Gasteiger partial charge in [-0.1, -0.05) is 33.1 Å². The summed E-state index contributed by atoms with van der Waals surface area (Å²) in [5.74, 6) is 0.734. The number of carbonyl (C=O) groups excluding carboxylic acids is 1. The predicted molar refractivity (Wildman–Crippen MR) is 67.3 cm³/mol. The summed E-state index contributed by atoms with van der Waals surface area (Å²) in [5, 5.41) is 6.28. The van der Waals surface area contributed by atoms with Crippen molar-refractivity contribution >= 4 is 5.91 Å². The molecule has 1 fully saturated rings. The minimum atomic E-state index is -0.0260. The number of likely N-dealkylation sites (N-methyl/N-ethyl adjacent to an activating group) is 1. The smallest absolute Gasteiger partial charge is 0.237 e. The Bertz CT molecular complexity index is 210. The highest BCUT2D eigenvalue weighted by Gasteiger charge is 2.21. The van der Waals surface area contributed by atoms with Crippen LogP contribution in [0.25, 0.3) is 0 Å². The molecule has 0 aromatic carbocycles. The summed E-state index contributed by atoms with van der Waals surface area (Å²) in [4.78, 5) is 12.0. The molecule has 0 aromatic rings. The van der Waals surface area contributed by atoms with Crippen molar-refractivity contribution in [3.05, 3.63) is 0 Å². The Morgan fingerprint density at radius 1 is 1.25 bits per heavy atom. The second-order valence-electron chi connectivity index (χ2n) is 5.31. The fourth-order valence-corrected chi connectivity index (χ4v) is 2.38. The van der Waals surface area contributed by atoms with Crippen molar-refractivity contribution in [3.63, 3.8) is 0 Å². The van der Waals surface area contributed by atoms with Crippen LogP contribution >= 0.6 is 0 Å². The summed E-state index contributed by atoms with van der Waals surface area (Å²) < 4.78 is 0. The van der Waals surface area contributed by atoms with Gasteiger partial charge in [-0.05, 0) is 32.2 Å². The molecule has 1 unspecified atom stereocenters. The number of nitrogens with one attached hydrogen (secondary N) is 2. The molecule has 16 heavy (non-hydrogen) atoms. The van der Waals surface area contributed by atoms with Gasteiger partial charge in [0, 0.05) is 6.04 Å². The first kappa shape index (κ1) is 13.5. The van der Waals surface area contributed by atoms with Crippen LogP contribution in [0.5, 0.6) is 0 Å². The monoisotopic (exact) mass is 226 g/mol. The third-order valence-electron chi connectivity index (χ3n) is 3.32. The van der Waals surface area contributed by atoms with Crippen LogP contribution in [-0.4, -0.2) is 25.0 Å². The Morgan fingerprint density at radius 3 is 2.38 bits per heavy atom. The van der Waals surface area contributed by atoms with E-state index in [0.29, 0.717) is 12.0 Å². The topological polar surface area (TPSA) is 41.1 Å². The second kappa shape index (κ2) is 6.89. The van der Waals surface area contributed by atoms with E-state index in [1.807, 2.05) is 7.05 Å². The van der Waals surface area contributed by atoms with Gasteiger partial charge in [-0.25, -0.2) is 0 Å². The van der Waals surface area contributed by atoms with Gasteiger partial charge in [0.15, 0.2) is 0 Å². The van der Waals surface area contributed by atoms with E-state index in [9.17, 15) is 4.79 Å². The second-order valence-corrected chi connectivity index (χ2v) is 5.31. The molecule has 0 heterocycles. The molecule has 94 valence electrons. The zero-order chi connectivity index (χ0) is 12.0. The fraction of sp³-hybridized carbons (Fsp3) is 0.923. The quantitative estimate of drug-likeness (QED) is 0.753. The van der Waals surface area contributed by atoms with Crippen LogP contribution in [0, 0.1) is 5.92 Å². The molecule has 0 radical (unpaired) electrons. The largest absolute Gasteiger partial charge is 0.352 e. The van der Waals surface area contributed by atoms with E-state index >= 15 is 0 Å². The van der Waals surface area contributed by atoms with Gasteiger partial charge in [-0.15, -0.1) is 0 Å². The molecule has 1 saturated carbocycles. The number of rotatable bonds is 5. The lowest BCUT2D eigenvalue weighted by atomic mass is 9.95. The molecule has 1 aliphatic carbocycles. The molecular formula is C13H26N2O. The molecule has 0 aromatic heterocycles. The van der Waals surface area contributed by atoms with Crippen molar-refractivity contribution < 1.29 is 4.79 Å². The number of amides is 1. The number of hydrogen-bond donors (Lipinski definition) is 2. The van der Waals surface area contributed by atoms with Crippen molar-refractivity contribution in [2.75, 3.05) is 7.05 Å². The highest BCUT2D eigenvalue weighted by molar-refractivity contribution is 5.82. The average molecular weight is 226 g/mol. The van der Waals surface area contributed by atoms with Crippen LogP contribution in [0.4, 0.5) is 0 Å². The molecule has 1 aliphatic rings. The molecule has 1 atom stereocenters. The van der Waals surface area contributed by atoms with Crippen LogP contribution in [-0.2, 0) is 4.79 Å². The van der Waals surface area contributed by atoms with Gasteiger partial charge in [0.25, 0.3) is 0 Å². The van der Waals surface area contributed by atoms with Crippen molar-refractivity contribution in [2.45, 2.75) is 64.5 Å². The third-order valence-corrected chi connectivity index (χ3v) is 3.32. The summed E-state index contributed by atoms with van der Waals surface area (Å²) in [7, 11) is 1.87. The normalized spacial score (nSPS) is 19.8. The van der Waals surface area contributed by atoms with Crippen molar-refractivity contribution in [3.8, 4) is 0 Å². The van der Waals surface area contributed by atoms with Crippen molar-refractivity contribution in [1.29, 1.82) is 0 Å². The first-order chi connectivity index (χ1) is 7.63. The first-order valence-electron chi connectivity index (χ1n) is 6.61. The molecular weight excluding hydrogens is 200 g/mol. The lowest BCUT2D eigenvalue weighted by molar-refractivity contribution is -0.124. The Kier molecular flexibility index (Phi) is 5.81. The van der Waals surface area contributed by atoms with E-state index in [-0.39, 0.29) is 11.9 Å². The molecule has 0 aliphatic heterocycles. The maximum absolute atomic E-state index is 12.0. The zero-order valence-electron chi connectivity index (χ0n) is 10.9. The standard InChI is InChI=1S/C13H26N2O/c1-10(2)9-12(14-3)13(16)15-11-7-5-4-6-8-11/h10-12,14H,4-9H2,1-3H3,(H,15,16). The van der Waals surface area contributed by atoms with Crippen LogP contribution in [0.1, 0.15) is 52.4 Å². The summed E-state index contributed by atoms with van der Waals surface area (Å²) >= 11 is 0. The maximum Gasteiger partial charge on any atom is 0.237 e. The summed E-state index contributed by atoms with van der Waals surface area (Å²) in [6, 6.07) is 0.395. The fourth-order valence-electron chi connectivity index (χ4n) is 2.38. The summed E-state index contributed by atoms with van der Waals surface area (Å²) in [6.45, 7) is 4.30. The summed E-state index contributed by atoms with van der Waals surface area (Å²) in [5.41, 5.74) is 0. The molecule has 3 heteroatoms. The Labute approximate surface area is 99.4 Å². The molecule has 2 N–H and O–H groups in total. The summed E-state index contributed by atoms with van der Waals surface area (Å²) in [6.07, 6.45) is 7.08.